The first-order chi connectivity index (χ1) is 10.6. The van der Waals surface area contributed by atoms with Gasteiger partial charge in [-0.3, -0.25) is 9.48 Å². The van der Waals surface area contributed by atoms with Gasteiger partial charge < -0.3 is 14.6 Å². The summed E-state index contributed by atoms with van der Waals surface area (Å²) in [5, 5.41) is 4.73. The molecule has 0 unspecified atom stereocenters. The molecular formula is C15H21N5O2. The summed E-state index contributed by atoms with van der Waals surface area (Å²) in [5.41, 5.74) is 3.12. The summed E-state index contributed by atoms with van der Waals surface area (Å²) in [5.74, 6) is 0.757. The first kappa shape index (κ1) is 14.8. The van der Waals surface area contributed by atoms with Crippen molar-refractivity contribution in [1.29, 1.82) is 0 Å². The minimum atomic E-state index is 0.0100. The van der Waals surface area contributed by atoms with E-state index in [1.165, 1.54) is 5.69 Å². The van der Waals surface area contributed by atoms with E-state index in [-0.39, 0.29) is 18.6 Å². The summed E-state index contributed by atoms with van der Waals surface area (Å²) in [6, 6.07) is 0.277. The second kappa shape index (κ2) is 5.92. The van der Waals surface area contributed by atoms with E-state index >= 15 is 0 Å². The van der Waals surface area contributed by atoms with Crippen LogP contribution in [0.3, 0.4) is 0 Å². The number of nitrogens with zero attached hydrogens (tertiary/aromatic N) is 4. The summed E-state index contributed by atoms with van der Waals surface area (Å²) in [6.45, 7) is 5.60. The normalized spacial score (nSPS) is 14.5. The van der Waals surface area contributed by atoms with Gasteiger partial charge in [-0.2, -0.15) is 5.10 Å². The summed E-state index contributed by atoms with van der Waals surface area (Å²) >= 11 is 0. The van der Waals surface area contributed by atoms with E-state index in [1.807, 2.05) is 9.58 Å². The quantitative estimate of drug-likeness (QED) is 0.926. The fraction of sp³-hybridized carbons (Fsp3) is 0.533. The molecule has 0 saturated carbocycles. The molecule has 118 valence electrons. The monoisotopic (exact) mass is 303 g/mol. The molecule has 0 radical (unpaired) electrons. The molecule has 2 aromatic rings. The second-order valence-corrected chi connectivity index (χ2v) is 5.75. The van der Waals surface area contributed by atoms with E-state index in [0.717, 1.165) is 23.5 Å². The number of H-pyrrole nitrogens is 1. The largest absolute Gasteiger partial charge is 0.375 e. The van der Waals surface area contributed by atoms with Crippen LogP contribution >= 0.6 is 0 Å². The lowest BCUT2D eigenvalue weighted by molar-refractivity contribution is -0.136. The van der Waals surface area contributed by atoms with Crippen molar-refractivity contribution in [2.75, 3.05) is 20.3 Å². The second-order valence-electron chi connectivity index (χ2n) is 5.75. The number of carbonyl (C=O) groups is 1. The Morgan fingerprint density at radius 3 is 2.95 bits per heavy atom. The number of aromatic nitrogens is 4. The third kappa shape index (κ3) is 2.52. The van der Waals surface area contributed by atoms with Crippen molar-refractivity contribution in [2.45, 2.75) is 32.9 Å². The highest BCUT2D eigenvalue weighted by molar-refractivity contribution is 5.78. The van der Waals surface area contributed by atoms with Gasteiger partial charge in [0, 0.05) is 56.3 Å². The minimum Gasteiger partial charge on any atom is -0.375 e. The molecule has 0 saturated heterocycles. The van der Waals surface area contributed by atoms with Gasteiger partial charge in [0.1, 0.15) is 12.3 Å². The Morgan fingerprint density at radius 1 is 1.50 bits per heavy atom. The van der Waals surface area contributed by atoms with E-state index in [2.05, 4.69) is 23.8 Å². The molecular weight excluding hydrogens is 282 g/mol. The Bertz CT molecular complexity index is 660. The molecule has 3 heterocycles. The van der Waals surface area contributed by atoms with Gasteiger partial charge in [0.25, 0.3) is 0 Å². The standard InChI is InChI=1S/C15H21N5O2/c1-10(2)20-12-4-7-19(13(21)9-22-3)8-11(12)14(18-20)15-16-5-6-17-15/h5-6,10H,4,7-9H2,1-3H3,(H,16,17). The summed E-state index contributed by atoms with van der Waals surface area (Å²) < 4.78 is 7.01. The Balaban J connectivity index is 1.99. The van der Waals surface area contributed by atoms with Gasteiger partial charge in [-0.15, -0.1) is 0 Å². The number of hydrogen-bond donors (Lipinski definition) is 1. The van der Waals surface area contributed by atoms with Gasteiger partial charge >= 0.3 is 0 Å². The SMILES string of the molecule is COCC(=O)N1CCc2c(c(-c3ncc[nH]3)nn2C(C)C)C1. The third-order valence-corrected chi connectivity index (χ3v) is 3.92. The first-order valence-corrected chi connectivity index (χ1v) is 7.48. The zero-order valence-electron chi connectivity index (χ0n) is 13.2. The maximum Gasteiger partial charge on any atom is 0.248 e. The lowest BCUT2D eigenvalue weighted by atomic mass is 10.0. The average molecular weight is 303 g/mol. The van der Waals surface area contributed by atoms with Gasteiger partial charge in [-0.05, 0) is 13.8 Å². The molecule has 0 bridgehead atoms. The van der Waals surface area contributed by atoms with Crippen LogP contribution in [0.4, 0.5) is 0 Å². The van der Waals surface area contributed by atoms with Gasteiger partial charge in [-0.1, -0.05) is 0 Å². The molecule has 0 atom stereocenters. The van der Waals surface area contributed by atoms with Crippen molar-refractivity contribution in [3.05, 3.63) is 23.7 Å². The van der Waals surface area contributed by atoms with Crippen LogP contribution in [-0.4, -0.2) is 50.8 Å². The summed E-state index contributed by atoms with van der Waals surface area (Å²) in [6.07, 6.45) is 4.30. The summed E-state index contributed by atoms with van der Waals surface area (Å²) in [7, 11) is 1.54. The number of hydrogen-bond acceptors (Lipinski definition) is 4. The van der Waals surface area contributed by atoms with Crippen molar-refractivity contribution in [2.24, 2.45) is 0 Å². The third-order valence-electron chi connectivity index (χ3n) is 3.92. The lowest BCUT2D eigenvalue weighted by Gasteiger charge is -2.28. The molecule has 1 aliphatic rings. The van der Waals surface area contributed by atoms with Crippen molar-refractivity contribution in [1.82, 2.24) is 24.6 Å². The zero-order chi connectivity index (χ0) is 15.7. The van der Waals surface area contributed by atoms with Crippen molar-refractivity contribution in [3.63, 3.8) is 0 Å². The number of carbonyl (C=O) groups excluding carboxylic acids is 1. The van der Waals surface area contributed by atoms with Gasteiger partial charge in [0.2, 0.25) is 5.91 Å². The van der Waals surface area contributed by atoms with Crippen LogP contribution in [0.15, 0.2) is 12.4 Å². The van der Waals surface area contributed by atoms with Crippen molar-refractivity contribution < 1.29 is 9.53 Å². The number of fused-ring (bicyclic) bond motifs is 1. The molecule has 2 aromatic heterocycles. The number of nitrogens with one attached hydrogen (secondary N) is 1. The van der Waals surface area contributed by atoms with Crippen LogP contribution in [0.2, 0.25) is 0 Å². The Labute approximate surface area is 129 Å². The Hall–Kier alpha value is -2.15. The highest BCUT2D eigenvalue weighted by Gasteiger charge is 2.29. The van der Waals surface area contributed by atoms with Crippen LogP contribution in [0, 0.1) is 0 Å². The molecule has 1 N–H and O–H groups in total. The Morgan fingerprint density at radius 2 is 2.32 bits per heavy atom. The number of rotatable bonds is 4. The highest BCUT2D eigenvalue weighted by atomic mass is 16.5. The minimum absolute atomic E-state index is 0.0100. The molecule has 0 fully saturated rings. The van der Waals surface area contributed by atoms with E-state index in [0.29, 0.717) is 13.1 Å². The molecule has 0 spiro atoms. The van der Waals surface area contributed by atoms with E-state index in [9.17, 15) is 4.79 Å². The summed E-state index contributed by atoms with van der Waals surface area (Å²) in [4.78, 5) is 21.3. The molecule has 1 aliphatic heterocycles. The molecule has 22 heavy (non-hydrogen) atoms. The Kier molecular flexibility index (Phi) is 3.98. The van der Waals surface area contributed by atoms with Gasteiger partial charge in [0.15, 0.2) is 5.82 Å². The van der Waals surface area contributed by atoms with Crippen LogP contribution in [0.25, 0.3) is 11.5 Å². The number of aromatic amines is 1. The number of amides is 1. The van der Waals surface area contributed by atoms with Gasteiger partial charge in [-0.25, -0.2) is 4.98 Å². The molecule has 0 aliphatic carbocycles. The molecule has 7 heteroatoms. The molecule has 3 rings (SSSR count). The van der Waals surface area contributed by atoms with E-state index < -0.39 is 0 Å². The predicted octanol–water partition coefficient (Wildman–Crippen LogP) is 1.39. The maximum absolute atomic E-state index is 12.1. The van der Waals surface area contributed by atoms with E-state index in [1.54, 1.807) is 19.5 Å². The number of ether oxygens (including phenoxy) is 1. The zero-order valence-corrected chi connectivity index (χ0v) is 13.2. The smallest absolute Gasteiger partial charge is 0.248 e. The fourth-order valence-corrected chi connectivity index (χ4v) is 2.89. The predicted molar refractivity (Wildman–Crippen MR) is 81.2 cm³/mol. The first-order valence-electron chi connectivity index (χ1n) is 7.48. The number of imidazole rings is 1. The van der Waals surface area contributed by atoms with Crippen LogP contribution in [0.5, 0.6) is 0 Å². The molecule has 0 aromatic carbocycles. The fourth-order valence-electron chi connectivity index (χ4n) is 2.89. The van der Waals surface area contributed by atoms with E-state index in [4.69, 9.17) is 9.84 Å². The van der Waals surface area contributed by atoms with Crippen LogP contribution in [-0.2, 0) is 22.5 Å². The van der Waals surface area contributed by atoms with Crippen LogP contribution < -0.4 is 0 Å². The molecule has 7 nitrogen and oxygen atoms in total. The van der Waals surface area contributed by atoms with Crippen molar-refractivity contribution in [3.8, 4) is 11.5 Å². The van der Waals surface area contributed by atoms with Gasteiger partial charge in [0.05, 0.1) is 0 Å². The lowest BCUT2D eigenvalue weighted by Crippen LogP contribution is -2.38. The van der Waals surface area contributed by atoms with Crippen molar-refractivity contribution >= 4 is 5.91 Å². The average Bonchev–Trinajstić information content (AvgIpc) is 3.13. The topological polar surface area (TPSA) is 76.0 Å². The highest BCUT2D eigenvalue weighted by Crippen LogP contribution is 2.30. The number of methoxy groups -OCH3 is 1. The maximum atomic E-state index is 12.1. The molecule has 1 amide bonds. The van der Waals surface area contributed by atoms with Crippen LogP contribution in [0.1, 0.15) is 31.1 Å².